The van der Waals surface area contributed by atoms with E-state index in [1.165, 1.54) is 22.5 Å². The van der Waals surface area contributed by atoms with Gasteiger partial charge in [0, 0.05) is 31.0 Å². The number of hydrogen-bond acceptors (Lipinski definition) is 4. The summed E-state index contributed by atoms with van der Waals surface area (Å²) in [5.41, 5.74) is 2.01. The van der Waals surface area contributed by atoms with Crippen LogP contribution in [0.15, 0.2) is 78.0 Å². The van der Waals surface area contributed by atoms with Gasteiger partial charge in [-0.05, 0) is 48.7 Å². The van der Waals surface area contributed by atoms with E-state index >= 15 is 0 Å². The Bertz CT molecular complexity index is 1080. The molecular formula is C22H21FN2O3S. The van der Waals surface area contributed by atoms with Gasteiger partial charge >= 0.3 is 0 Å². The molecule has 0 atom stereocenters. The lowest BCUT2D eigenvalue weighted by atomic mass is 10.1. The molecule has 0 saturated carbocycles. The van der Waals surface area contributed by atoms with E-state index in [1.54, 1.807) is 12.4 Å². The zero-order valence-electron chi connectivity index (χ0n) is 15.7. The van der Waals surface area contributed by atoms with E-state index in [2.05, 4.69) is 4.98 Å². The number of pyridine rings is 1. The Balaban J connectivity index is 1.41. The third-order valence-electron chi connectivity index (χ3n) is 4.99. The van der Waals surface area contributed by atoms with Crippen LogP contribution in [0.3, 0.4) is 0 Å². The maximum Gasteiger partial charge on any atom is 0.245 e. The molecular weight excluding hydrogens is 391 g/mol. The Morgan fingerprint density at radius 1 is 0.966 bits per heavy atom. The molecule has 3 aromatic rings. The number of piperidine rings is 1. The minimum Gasteiger partial charge on any atom is -0.490 e. The van der Waals surface area contributed by atoms with Gasteiger partial charge in [0.15, 0.2) is 0 Å². The Morgan fingerprint density at radius 2 is 1.72 bits per heavy atom. The number of aromatic nitrogens is 1. The van der Waals surface area contributed by atoms with Crippen LogP contribution in [-0.2, 0) is 10.0 Å². The Hall–Kier alpha value is -2.77. The normalized spacial score (nSPS) is 15.9. The van der Waals surface area contributed by atoms with Crippen molar-refractivity contribution in [2.75, 3.05) is 13.1 Å². The van der Waals surface area contributed by atoms with Crippen LogP contribution in [0.4, 0.5) is 4.39 Å². The fourth-order valence-corrected chi connectivity index (χ4v) is 4.99. The highest BCUT2D eigenvalue weighted by atomic mass is 32.2. The zero-order chi connectivity index (χ0) is 20.3. The number of hydrogen-bond donors (Lipinski definition) is 0. The molecule has 1 aliphatic heterocycles. The molecule has 1 aromatic heterocycles. The van der Waals surface area contributed by atoms with Gasteiger partial charge in [-0.15, -0.1) is 0 Å². The molecule has 29 heavy (non-hydrogen) atoms. The molecule has 2 aromatic carbocycles. The topological polar surface area (TPSA) is 59.5 Å². The summed E-state index contributed by atoms with van der Waals surface area (Å²) in [4.78, 5) is 3.86. The molecule has 7 heteroatoms. The molecule has 0 aliphatic carbocycles. The summed E-state index contributed by atoms with van der Waals surface area (Å²) in [5.74, 6) is 0.0138. The third kappa shape index (κ3) is 4.31. The van der Waals surface area contributed by atoms with Crippen LogP contribution in [0.1, 0.15) is 12.8 Å². The van der Waals surface area contributed by atoms with Crippen molar-refractivity contribution in [2.24, 2.45) is 0 Å². The summed E-state index contributed by atoms with van der Waals surface area (Å²) in [5, 5.41) is 0. The first-order chi connectivity index (χ1) is 14.0. The zero-order valence-corrected chi connectivity index (χ0v) is 16.6. The van der Waals surface area contributed by atoms with Crippen LogP contribution in [0.2, 0.25) is 0 Å². The van der Waals surface area contributed by atoms with E-state index < -0.39 is 15.8 Å². The summed E-state index contributed by atoms with van der Waals surface area (Å²) in [6.07, 6.45) is 4.53. The highest BCUT2D eigenvalue weighted by Crippen LogP contribution is 2.27. The van der Waals surface area contributed by atoms with E-state index in [1.807, 2.05) is 36.4 Å². The predicted octanol–water partition coefficient (Wildman–Crippen LogP) is 4.12. The maximum absolute atomic E-state index is 13.9. The minimum atomic E-state index is -3.84. The second-order valence-corrected chi connectivity index (χ2v) is 8.83. The van der Waals surface area contributed by atoms with Crippen LogP contribution >= 0.6 is 0 Å². The number of sulfonamides is 1. The van der Waals surface area contributed by atoms with Crippen LogP contribution < -0.4 is 4.74 Å². The quantitative estimate of drug-likeness (QED) is 0.633. The lowest BCUT2D eigenvalue weighted by molar-refractivity contribution is 0.135. The molecule has 1 fully saturated rings. The van der Waals surface area contributed by atoms with Crippen molar-refractivity contribution in [3.05, 3.63) is 78.9 Å². The Labute approximate surface area is 169 Å². The molecule has 0 spiro atoms. The summed E-state index contributed by atoms with van der Waals surface area (Å²) >= 11 is 0. The first-order valence-electron chi connectivity index (χ1n) is 9.46. The first-order valence-corrected chi connectivity index (χ1v) is 10.9. The molecule has 4 rings (SSSR count). The molecule has 5 nitrogen and oxygen atoms in total. The van der Waals surface area contributed by atoms with Gasteiger partial charge < -0.3 is 4.74 Å². The molecule has 0 unspecified atom stereocenters. The lowest BCUT2D eigenvalue weighted by Gasteiger charge is -2.31. The molecule has 150 valence electrons. The van der Waals surface area contributed by atoms with Crippen LogP contribution in [0.5, 0.6) is 5.75 Å². The molecule has 0 N–H and O–H groups in total. The van der Waals surface area contributed by atoms with E-state index in [0.29, 0.717) is 25.9 Å². The van der Waals surface area contributed by atoms with Crippen molar-refractivity contribution >= 4 is 10.0 Å². The monoisotopic (exact) mass is 412 g/mol. The first kappa shape index (κ1) is 19.5. The van der Waals surface area contributed by atoms with Crippen molar-refractivity contribution in [1.29, 1.82) is 0 Å². The van der Waals surface area contributed by atoms with E-state index in [0.717, 1.165) is 22.9 Å². The van der Waals surface area contributed by atoms with Gasteiger partial charge in [-0.25, -0.2) is 12.8 Å². The number of rotatable bonds is 5. The van der Waals surface area contributed by atoms with Crippen molar-refractivity contribution in [2.45, 2.75) is 23.8 Å². The van der Waals surface area contributed by atoms with Crippen LogP contribution in [-0.4, -0.2) is 36.9 Å². The van der Waals surface area contributed by atoms with E-state index in [9.17, 15) is 12.8 Å². The smallest absolute Gasteiger partial charge is 0.245 e. The molecule has 0 bridgehead atoms. The number of halogens is 1. The minimum absolute atomic E-state index is 0.0915. The number of ether oxygens (including phenoxy) is 1. The van der Waals surface area contributed by atoms with Crippen molar-refractivity contribution in [3.8, 4) is 16.9 Å². The van der Waals surface area contributed by atoms with Gasteiger partial charge in [-0.3, -0.25) is 4.98 Å². The molecule has 0 radical (unpaired) electrons. The van der Waals surface area contributed by atoms with E-state index in [-0.39, 0.29) is 11.0 Å². The SMILES string of the molecule is O=S(=O)(c1ccccc1F)N1CCC(Oc2cccc(-c3cccnc3)c2)CC1. The third-order valence-corrected chi connectivity index (χ3v) is 6.92. The highest BCUT2D eigenvalue weighted by Gasteiger charge is 2.31. The molecule has 2 heterocycles. The second kappa shape index (κ2) is 8.31. The van der Waals surface area contributed by atoms with E-state index in [4.69, 9.17) is 4.74 Å². The van der Waals surface area contributed by atoms with Crippen molar-refractivity contribution in [3.63, 3.8) is 0 Å². The van der Waals surface area contributed by atoms with Gasteiger partial charge in [0.05, 0.1) is 0 Å². The van der Waals surface area contributed by atoms with Gasteiger partial charge in [0.1, 0.15) is 22.6 Å². The summed E-state index contributed by atoms with van der Waals surface area (Å²) in [7, 11) is -3.84. The summed E-state index contributed by atoms with van der Waals surface area (Å²) < 4.78 is 46.8. The standard InChI is InChI=1S/C22H21FN2O3S/c23-21-8-1-2-9-22(21)29(26,27)25-13-10-19(11-14-25)28-20-7-3-5-17(15-20)18-6-4-12-24-16-18/h1-9,12,15-16,19H,10-11,13-14H2. The molecule has 0 amide bonds. The fraction of sp³-hybridized carbons (Fsp3) is 0.227. The second-order valence-electron chi connectivity index (χ2n) is 6.92. The van der Waals surface area contributed by atoms with Crippen LogP contribution in [0, 0.1) is 5.82 Å². The van der Waals surface area contributed by atoms with Gasteiger partial charge in [-0.2, -0.15) is 4.31 Å². The summed E-state index contributed by atoms with van der Waals surface area (Å²) in [6.45, 7) is 0.591. The van der Waals surface area contributed by atoms with Gasteiger partial charge in [0.2, 0.25) is 10.0 Å². The average Bonchev–Trinajstić information content (AvgIpc) is 2.75. The van der Waals surface area contributed by atoms with Crippen molar-refractivity contribution in [1.82, 2.24) is 9.29 Å². The number of benzene rings is 2. The highest BCUT2D eigenvalue weighted by molar-refractivity contribution is 7.89. The number of nitrogens with zero attached hydrogens (tertiary/aromatic N) is 2. The average molecular weight is 412 g/mol. The summed E-state index contributed by atoms with van der Waals surface area (Å²) in [6, 6.07) is 17.1. The fourth-order valence-electron chi connectivity index (χ4n) is 3.46. The van der Waals surface area contributed by atoms with Crippen molar-refractivity contribution < 1.29 is 17.5 Å². The van der Waals surface area contributed by atoms with Gasteiger partial charge in [0.25, 0.3) is 0 Å². The Kier molecular flexibility index (Phi) is 5.60. The molecule has 1 saturated heterocycles. The Morgan fingerprint density at radius 3 is 2.45 bits per heavy atom. The predicted molar refractivity (Wildman–Crippen MR) is 108 cm³/mol. The van der Waals surface area contributed by atoms with Crippen LogP contribution in [0.25, 0.3) is 11.1 Å². The molecule has 1 aliphatic rings. The van der Waals surface area contributed by atoms with Gasteiger partial charge in [-0.1, -0.05) is 30.3 Å². The maximum atomic E-state index is 13.9. The largest absolute Gasteiger partial charge is 0.490 e. The lowest BCUT2D eigenvalue weighted by Crippen LogP contribution is -2.41.